The van der Waals surface area contributed by atoms with Crippen LogP contribution in [0, 0.1) is 5.92 Å². The molecule has 0 aromatic heterocycles. The van der Waals surface area contributed by atoms with Crippen molar-refractivity contribution in [1.82, 2.24) is 10.2 Å². The maximum absolute atomic E-state index is 12.6. The molecule has 5 rings (SSSR count). The maximum Gasteiger partial charge on any atom is 0.407 e. The van der Waals surface area contributed by atoms with Gasteiger partial charge in [-0.1, -0.05) is 48.5 Å². The van der Waals surface area contributed by atoms with Crippen LogP contribution in [0.15, 0.2) is 48.5 Å². The van der Waals surface area contributed by atoms with Gasteiger partial charge < -0.3 is 20.1 Å². The Labute approximate surface area is 202 Å². The van der Waals surface area contributed by atoms with E-state index >= 15 is 0 Å². The Bertz CT molecular complexity index is 1080. The molecule has 0 radical (unpaired) electrons. The summed E-state index contributed by atoms with van der Waals surface area (Å²) >= 11 is 1.40. The van der Waals surface area contributed by atoms with Crippen molar-refractivity contribution in [3.05, 3.63) is 59.7 Å². The highest BCUT2D eigenvalue weighted by atomic mass is 32.2. The summed E-state index contributed by atoms with van der Waals surface area (Å²) in [7, 11) is 0. The minimum atomic E-state index is -0.963. The molecule has 0 spiro atoms. The number of piperidine rings is 1. The summed E-state index contributed by atoms with van der Waals surface area (Å²) in [6.07, 6.45) is 1.84. The molecule has 2 aliphatic carbocycles. The fourth-order valence-corrected chi connectivity index (χ4v) is 6.24. The molecule has 2 aromatic carbocycles. The summed E-state index contributed by atoms with van der Waals surface area (Å²) in [5.41, 5.74) is 3.74. The zero-order valence-electron chi connectivity index (χ0n) is 18.9. The number of amides is 2. The molecule has 7 nitrogen and oxygen atoms in total. The van der Waals surface area contributed by atoms with E-state index in [9.17, 15) is 19.5 Å². The number of carbonyl (C=O) groups excluding carboxylic acids is 2. The molecular weight excluding hydrogens is 452 g/mol. The van der Waals surface area contributed by atoms with Crippen molar-refractivity contribution in [2.75, 3.05) is 31.2 Å². The number of ether oxygens (including phenoxy) is 1. The largest absolute Gasteiger partial charge is 0.479 e. The first-order valence-electron chi connectivity index (χ1n) is 11.7. The molecule has 2 unspecified atom stereocenters. The van der Waals surface area contributed by atoms with Crippen molar-refractivity contribution in [3.8, 4) is 11.1 Å². The predicted molar refractivity (Wildman–Crippen MR) is 130 cm³/mol. The maximum atomic E-state index is 12.6. The number of alkyl carbamates (subject to hydrolysis) is 1. The van der Waals surface area contributed by atoms with Gasteiger partial charge >= 0.3 is 12.1 Å². The second-order valence-electron chi connectivity index (χ2n) is 9.12. The molecule has 1 saturated heterocycles. The molecule has 2 atom stereocenters. The SMILES string of the molecule is O=C(NCCSCC(=O)N1CCCC2CC21C(=O)O)OCC1c2ccccc2-c2ccccc21. The number of fused-ring (bicyclic) bond motifs is 4. The van der Waals surface area contributed by atoms with Crippen LogP contribution in [0.2, 0.25) is 0 Å². The van der Waals surface area contributed by atoms with Gasteiger partial charge in [-0.15, -0.1) is 0 Å². The number of hydrogen-bond acceptors (Lipinski definition) is 5. The number of likely N-dealkylation sites (tertiary alicyclic amines) is 1. The van der Waals surface area contributed by atoms with Crippen molar-refractivity contribution >= 4 is 29.7 Å². The topological polar surface area (TPSA) is 95.9 Å². The molecule has 2 amide bonds. The van der Waals surface area contributed by atoms with Crippen LogP contribution in [0.5, 0.6) is 0 Å². The monoisotopic (exact) mass is 480 g/mol. The van der Waals surface area contributed by atoms with Crippen LogP contribution in [-0.2, 0) is 14.3 Å². The average molecular weight is 481 g/mol. The third-order valence-electron chi connectivity index (χ3n) is 7.25. The predicted octanol–water partition coefficient (Wildman–Crippen LogP) is 3.72. The van der Waals surface area contributed by atoms with Gasteiger partial charge in [-0.2, -0.15) is 11.8 Å². The van der Waals surface area contributed by atoms with Gasteiger partial charge in [0.1, 0.15) is 12.1 Å². The van der Waals surface area contributed by atoms with E-state index in [1.54, 1.807) is 4.90 Å². The molecule has 2 aromatic rings. The van der Waals surface area contributed by atoms with E-state index in [1.165, 1.54) is 34.0 Å². The third-order valence-corrected chi connectivity index (χ3v) is 8.19. The standard InChI is InChI=1S/C26H28N2O5S/c29-23(28-12-5-6-17-14-26(17,28)24(30)31)16-34-13-11-27-25(32)33-15-22-20-9-3-1-7-18(20)19-8-2-4-10-21(19)22/h1-4,7-10,17,22H,5-6,11-16H2,(H,27,32)(H,30,31). The van der Waals surface area contributed by atoms with Crippen LogP contribution in [0.1, 0.15) is 36.3 Å². The van der Waals surface area contributed by atoms with Crippen LogP contribution >= 0.6 is 11.8 Å². The lowest BCUT2D eigenvalue weighted by molar-refractivity contribution is -0.153. The zero-order chi connectivity index (χ0) is 23.7. The number of aliphatic carboxylic acids is 1. The summed E-state index contributed by atoms with van der Waals surface area (Å²) in [5.74, 6) is -0.130. The van der Waals surface area contributed by atoms with E-state index in [0.29, 0.717) is 25.3 Å². The average Bonchev–Trinajstić information content (AvgIpc) is 3.53. The molecule has 3 aliphatic rings. The van der Waals surface area contributed by atoms with Gasteiger partial charge in [0.05, 0.1) is 5.75 Å². The van der Waals surface area contributed by atoms with Crippen molar-refractivity contribution < 1.29 is 24.2 Å². The number of hydrogen-bond donors (Lipinski definition) is 2. The fraction of sp³-hybridized carbons (Fsp3) is 0.423. The summed E-state index contributed by atoms with van der Waals surface area (Å²) in [5, 5.41) is 12.4. The first kappa shape index (κ1) is 22.8. The molecule has 1 heterocycles. The molecule has 1 aliphatic heterocycles. The molecular formula is C26H28N2O5S. The Morgan fingerprint density at radius 2 is 1.76 bits per heavy atom. The number of rotatable bonds is 8. The third kappa shape index (κ3) is 4.04. The Morgan fingerprint density at radius 3 is 2.44 bits per heavy atom. The number of carbonyl (C=O) groups is 3. The second-order valence-corrected chi connectivity index (χ2v) is 10.2. The molecule has 1 saturated carbocycles. The summed E-state index contributed by atoms with van der Waals surface area (Å²) < 4.78 is 5.52. The van der Waals surface area contributed by atoms with Crippen LogP contribution in [-0.4, -0.2) is 64.7 Å². The van der Waals surface area contributed by atoms with Crippen LogP contribution in [0.4, 0.5) is 4.79 Å². The van der Waals surface area contributed by atoms with E-state index in [2.05, 4.69) is 29.6 Å². The van der Waals surface area contributed by atoms with Crippen LogP contribution in [0.3, 0.4) is 0 Å². The Hall–Kier alpha value is -3.00. The van der Waals surface area contributed by atoms with Crippen LogP contribution in [0.25, 0.3) is 11.1 Å². The van der Waals surface area contributed by atoms with Crippen molar-refractivity contribution in [1.29, 1.82) is 0 Å². The number of nitrogens with one attached hydrogen (secondary N) is 1. The second kappa shape index (κ2) is 9.33. The number of carboxylic acid groups (broad SMARTS) is 1. The lowest BCUT2D eigenvalue weighted by Gasteiger charge is -2.33. The molecule has 178 valence electrons. The van der Waals surface area contributed by atoms with E-state index < -0.39 is 17.6 Å². The summed E-state index contributed by atoms with van der Waals surface area (Å²) in [6.45, 7) is 1.15. The highest BCUT2D eigenvalue weighted by Crippen LogP contribution is 2.54. The van der Waals surface area contributed by atoms with Gasteiger partial charge in [0.25, 0.3) is 0 Å². The van der Waals surface area contributed by atoms with Crippen molar-refractivity contribution in [3.63, 3.8) is 0 Å². The molecule has 34 heavy (non-hydrogen) atoms. The van der Waals surface area contributed by atoms with E-state index in [-0.39, 0.29) is 30.1 Å². The van der Waals surface area contributed by atoms with Crippen molar-refractivity contribution in [2.24, 2.45) is 5.92 Å². The number of nitrogens with zero attached hydrogens (tertiary/aromatic N) is 1. The Morgan fingerprint density at radius 1 is 1.09 bits per heavy atom. The van der Waals surface area contributed by atoms with Gasteiger partial charge in [0.15, 0.2) is 0 Å². The van der Waals surface area contributed by atoms with E-state index in [1.807, 2.05) is 24.3 Å². The quantitative estimate of drug-likeness (QED) is 0.559. The molecule has 2 fully saturated rings. The van der Waals surface area contributed by atoms with Gasteiger partial charge in [-0.05, 0) is 47.4 Å². The molecule has 8 heteroatoms. The normalized spacial score (nSPS) is 22.4. The lowest BCUT2D eigenvalue weighted by Crippen LogP contribution is -2.51. The summed E-state index contributed by atoms with van der Waals surface area (Å²) in [6, 6.07) is 16.4. The fourth-order valence-electron chi connectivity index (χ4n) is 5.52. The first-order chi connectivity index (χ1) is 16.5. The van der Waals surface area contributed by atoms with Gasteiger partial charge in [-0.25, -0.2) is 9.59 Å². The van der Waals surface area contributed by atoms with E-state index in [0.717, 1.165) is 12.8 Å². The number of benzene rings is 2. The Kier molecular flexibility index (Phi) is 6.25. The lowest BCUT2D eigenvalue weighted by atomic mass is 9.98. The highest BCUT2D eigenvalue weighted by molar-refractivity contribution is 7.99. The number of carboxylic acids is 1. The molecule has 0 bridgehead atoms. The Balaban J connectivity index is 1.05. The van der Waals surface area contributed by atoms with E-state index in [4.69, 9.17) is 4.74 Å². The van der Waals surface area contributed by atoms with Crippen molar-refractivity contribution in [2.45, 2.75) is 30.7 Å². The number of thioether (sulfide) groups is 1. The molecule has 2 N–H and O–H groups in total. The van der Waals surface area contributed by atoms with Gasteiger partial charge in [-0.3, -0.25) is 4.79 Å². The smallest absolute Gasteiger partial charge is 0.407 e. The minimum absolute atomic E-state index is 0.0162. The zero-order valence-corrected chi connectivity index (χ0v) is 19.7. The minimum Gasteiger partial charge on any atom is -0.479 e. The van der Waals surface area contributed by atoms with Gasteiger partial charge in [0, 0.05) is 24.8 Å². The van der Waals surface area contributed by atoms with Crippen LogP contribution < -0.4 is 5.32 Å². The highest BCUT2D eigenvalue weighted by Gasteiger charge is 2.66. The summed E-state index contributed by atoms with van der Waals surface area (Å²) in [4.78, 5) is 38.2. The first-order valence-corrected chi connectivity index (χ1v) is 12.9. The van der Waals surface area contributed by atoms with Gasteiger partial charge in [0.2, 0.25) is 5.91 Å².